The van der Waals surface area contributed by atoms with Crippen LogP contribution in [0.5, 0.6) is 0 Å². The summed E-state index contributed by atoms with van der Waals surface area (Å²) in [7, 11) is 0. The molecule has 0 amide bonds. The molecule has 0 unspecified atom stereocenters. The van der Waals surface area contributed by atoms with Crippen molar-refractivity contribution in [2.24, 2.45) is 11.3 Å². The lowest BCUT2D eigenvalue weighted by Gasteiger charge is -2.51. The number of hydrogen-bond donors (Lipinski definition) is 0. The van der Waals surface area contributed by atoms with Crippen LogP contribution >= 0.6 is 0 Å². The third-order valence-corrected chi connectivity index (χ3v) is 2.73. The summed E-state index contributed by atoms with van der Waals surface area (Å²) in [6.07, 6.45) is 4.47. The average molecular weight is 138 g/mol. The molecule has 0 aromatic carbocycles. The van der Waals surface area contributed by atoms with Crippen molar-refractivity contribution >= 4 is 12.1 Å². The Balaban J connectivity index is 1.90. The molecule has 0 aromatic rings. The second-order valence-corrected chi connectivity index (χ2v) is 3.70. The van der Waals surface area contributed by atoms with Gasteiger partial charge in [-0.2, -0.15) is 0 Å². The van der Waals surface area contributed by atoms with E-state index < -0.39 is 0 Å². The Morgan fingerprint density at radius 2 is 2.00 bits per heavy atom. The quantitative estimate of drug-likeness (QED) is 0.505. The van der Waals surface area contributed by atoms with E-state index >= 15 is 0 Å². The first-order valence-corrected chi connectivity index (χ1v) is 3.71. The standard InChI is InChI=1S/C8H10O2/c9-5-6-1-8(2-6)3-7(10)4-8/h5-6H,1-4H2. The van der Waals surface area contributed by atoms with Crippen molar-refractivity contribution in [3.8, 4) is 0 Å². The van der Waals surface area contributed by atoms with Gasteiger partial charge in [0.25, 0.3) is 0 Å². The summed E-state index contributed by atoms with van der Waals surface area (Å²) >= 11 is 0. The van der Waals surface area contributed by atoms with Gasteiger partial charge in [-0.3, -0.25) is 4.79 Å². The largest absolute Gasteiger partial charge is 0.303 e. The van der Waals surface area contributed by atoms with E-state index in [-0.39, 0.29) is 5.92 Å². The topological polar surface area (TPSA) is 34.1 Å². The number of rotatable bonds is 1. The first kappa shape index (κ1) is 6.08. The van der Waals surface area contributed by atoms with Gasteiger partial charge in [0.1, 0.15) is 12.1 Å². The minimum atomic E-state index is 0.271. The second kappa shape index (κ2) is 1.68. The predicted octanol–water partition coefficient (Wildman–Crippen LogP) is 0.945. The molecule has 2 fully saturated rings. The molecule has 0 saturated heterocycles. The van der Waals surface area contributed by atoms with Crippen molar-refractivity contribution in [3.63, 3.8) is 0 Å². The summed E-state index contributed by atoms with van der Waals surface area (Å²) in [4.78, 5) is 20.8. The van der Waals surface area contributed by atoms with E-state index in [2.05, 4.69) is 0 Å². The first-order chi connectivity index (χ1) is 4.74. The van der Waals surface area contributed by atoms with Crippen molar-refractivity contribution < 1.29 is 9.59 Å². The predicted molar refractivity (Wildman–Crippen MR) is 35.5 cm³/mol. The Hall–Kier alpha value is -0.660. The molecule has 10 heavy (non-hydrogen) atoms. The Kier molecular flexibility index (Phi) is 1.02. The first-order valence-electron chi connectivity index (χ1n) is 3.71. The molecule has 2 rings (SSSR count). The van der Waals surface area contributed by atoms with Crippen molar-refractivity contribution in [1.29, 1.82) is 0 Å². The molecule has 2 saturated carbocycles. The fourth-order valence-electron chi connectivity index (χ4n) is 2.22. The van der Waals surface area contributed by atoms with E-state index in [1.807, 2.05) is 0 Å². The van der Waals surface area contributed by atoms with Crippen molar-refractivity contribution in [3.05, 3.63) is 0 Å². The SMILES string of the molecule is O=CC1CC2(CC(=O)C2)C1. The molecule has 0 aliphatic heterocycles. The second-order valence-electron chi connectivity index (χ2n) is 3.70. The summed E-state index contributed by atoms with van der Waals surface area (Å²) in [5, 5.41) is 0. The Morgan fingerprint density at radius 1 is 1.40 bits per heavy atom. The number of hydrogen-bond acceptors (Lipinski definition) is 2. The molecule has 0 radical (unpaired) electrons. The zero-order valence-electron chi connectivity index (χ0n) is 5.80. The van der Waals surface area contributed by atoms with E-state index in [1.54, 1.807) is 0 Å². The summed E-state index contributed by atoms with van der Waals surface area (Å²) in [5.41, 5.74) is 0.308. The van der Waals surface area contributed by atoms with Gasteiger partial charge in [-0.05, 0) is 18.3 Å². The molecule has 2 heteroatoms. The maximum absolute atomic E-state index is 10.6. The Bertz CT molecular complexity index is 179. The summed E-state index contributed by atoms with van der Waals surface area (Å²) in [5.74, 6) is 0.650. The number of ketones is 1. The molecule has 2 nitrogen and oxygen atoms in total. The van der Waals surface area contributed by atoms with Crippen molar-refractivity contribution in [1.82, 2.24) is 0 Å². The maximum atomic E-state index is 10.6. The number of carbonyl (C=O) groups excluding carboxylic acids is 2. The highest BCUT2D eigenvalue weighted by atomic mass is 16.1. The monoisotopic (exact) mass is 138 g/mol. The minimum Gasteiger partial charge on any atom is -0.303 e. The molecule has 0 heterocycles. The zero-order valence-corrected chi connectivity index (χ0v) is 5.80. The van der Waals surface area contributed by atoms with E-state index in [4.69, 9.17) is 0 Å². The van der Waals surface area contributed by atoms with Crippen LogP contribution in [0.1, 0.15) is 25.7 Å². The Labute approximate surface area is 59.6 Å². The van der Waals surface area contributed by atoms with Crippen LogP contribution < -0.4 is 0 Å². The van der Waals surface area contributed by atoms with Crippen molar-refractivity contribution in [2.75, 3.05) is 0 Å². The highest BCUT2D eigenvalue weighted by Gasteiger charge is 2.52. The highest BCUT2D eigenvalue weighted by Crippen LogP contribution is 2.56. The van der Waals surface area contributed by atoms with Crippen molar-refractivity contribution in [2.45, 2.75) is 25.7 Å². The lowest BCUT2D eigenvalue weighted by atomic mass is 9.52. The van der Waals surface area contributed by atoms with Crippen LogP contribution in [0, 0.1) is 11.3 Å². The third-order valence-electron chi connectivity index (χ3n) is 2.73. The molecule has 2 aliphatic rings. The van der Waals surface area contributed by atoms with E-state index in [0.717, 1.165) is 32.0 Å². The molecule has 1 spiro atoms. The van der Waals surface area contributed by atoms with Crippen LogP contribution in [-0.4, -0.2) is 12.1 Å². The van der Waals surface area contributed by atoms with Crippen LogP contribution in [-0.2, 0) is 9.59 Å². The molecule has 0 bridgehead atoms. The number of Topliss-reactive ketones (excluding diaryl/α,β-unsaturated/α-hetero) is 1. The van der Waals surface area contributed by atoms with Gasteiger partial charge in [0, 0.05) is 18.8 Å². The van der Waals surface area contributed by atoms with Gasteiger partial charge >= 0.3 is 0 Å². The van der Waals surface area contributed by atoms with Gasteiger partial charge in [0.05, 0.1) is 0 Å². The smallest absolute Gasteiger partial charge is 0.134 e. The Morgan fingerprint density at radius 3 is 2.40 bits per heavy atom. The molecular weight excluding hydrogens is 128 g/mol. The highest BCUT2D eigenvalue weighted by molar-refractivity contribution is 5.87. The minimum absolute atomic E-state index is 0.271. The van der Waals surface area contributed by atoms with Gasteiger partial charge in [0.2, 0.25) is 0 Å². The van der Waals surface area contributed by atoms with E-state index in [0.29, 0.717) is 11.2 Å². The molecule has 0 N–H and O–H groups in total. The normalized spacial score (nSPS) is 29.4. The van der Waals surface area contributed by atoms with Gasteiger partial charge in [-0.25, -0.2) is 0 Å². The number of carbonyl (C=O) groups is 2. The van der Waals surface area contributed by atoms with Crippen LogP contribution in [0.2, 0.25) is 0 Å². The van der Waals surface area contributed by atoms with Crippen LogP contribution in [0.15, 0.2) is 0 Å². The van der Waals surface area contributed by atoms with E-state index in [9.17, 15) is 9.59 Å². The van der Waals surface area contributed by atoms with E-state index in [1.165, 1.54) is 0 Å². The molecule has 54 valence electrons. The third kappa shape index (κ3) is 0.648. The van der Waals surface area contributed by atoms with Gasteiger partial charge in [0.15, 0.2) is 0 Å². The zero-order chi connectivity index (χ0) is 7.19. The fraction of sp³-hybridized carbons (Fsp3) is 0.750. The van der Waals surface area contributed by atoms with Gasteiger partial charge in [-0.15, -0.1) is 0 Å². The molecule has 0 atom stereocenters. The van der Waals surface area contributed by atoms with Gasteiger partial charge < -0.3 is 4.79 Å². The maximum Gasteiger partial charge on any atom is 0.134 e. The van der Waals surface area contributed by atoms with Crippen LogP contribution in [0.25, 0.3) is 0 Å². The number of aldehydes is 1. The molecular formula is C8H10O2. The summed E-state index contributed by atoms with van der Waals surface area (Å²) in [6, 6.07) is 0. The van der Waals surface area contributed by atoms with Crippen LogP contribution in [0.4, 0.5) is 0 Å². The average Bonchev–Trinajstić information content (AvgIpc) is 1.74. The summed E-state index contributed by atoms with van der Waals surface area (Å²) in [6.45, 7) is 0. The van der Waals surface area contributed by atoms with Crippen LogP contribution in [0.3, 0.4) is 0 Å². The fourth-order valence-corrected chi connectivity index (χ4v) is 2.22. The lowest BCUT2D eigenvalue weighted by molar-refractivity contribution is -0.145. The molecule has 0 aromatic heterocycles. The molecule has 2 aliphatic carbocycles. The summed E-state index contributed by atoms with van der Waals surface area (Å²) < 4.78 is 0. The van der Waals surface area contributed by atoms with Gasteiger partial charge in [-0.1, -0.05) is 0 Å². The lowest BCUT2D eigenvalue weighted by Crippen LogP contribution is -2.48.